The summed E-state index contributed by atoms with van der Waals surface area (Å²) in [5, 5.41) is 10.8. The molecule has 102 valence electrons. The van der Waals surface area contributed by atoms with Gasteiger partial charge >= 0.3 is 0 Å². The lowest BCUT2D eigenvalue weighted by Crippen LogP contribution is -2.27. The molecular formula is C13H10IN3O3. The highest BCUT2D eigenvalue weighted by atomic mass is 127. The lowest BCUT2D eigenvalue weighted by Gasteiger charge is -2.17. The van der Waals surface area contributed by atoms with E-state index in [9.17, 15) is 14.9 Å². The minimum absolute atomic E-state index is 0.100. The number of nitrogens with zero attached hydrogens (tertiary/aromatic N) is 3. The number of anilines is 1. The number of halogens is 1. The number of hydrogen-bond acceptors (Lipinski definition) is 4. The molecule has 0 bridgehead atoms. The van der Waals surface area contributed by atoms with Gasteiger partial charge in [-0.2, -0.15) is 0 Å². The van der Waals surface area contributed by atoms with E-state index in [0.29, 0.717) is 14.8 Å². The van der Waals surface area contributed by atoms with Crippen molar-refractivity contribution in [3.8, 4) is 0 Å². The number of benzene rings is 1. The predicted octanol–water partition coefficient (Wildman–Crippen LogP) is 2.87. The molecule has 1 heterocycles. The van der Waals surface area contributed by atoms with Gasteiger partial charge in [0, 0.05) is 40.8 Å². The number of carbonyl (C=O) groups excluding carboxylic acids is 1. The molecule has 0 N–H and O–H groups in total. The Kier molecular flexibility index (Phi) is 4.28. The van der Waals surface area contributed by atoms with Gasteiger partial charge in [0.2, 0.25) is 0 Å². The number of carbonyl (C=O) groups is 1. The standard InChI is InChI=1S/C13H10IN3O3/c1-16(9-4-6-15-7-5-9)13(18)11-8-10(17(19)20)2-3-12(11)14/h2-8H,1H3. The zero-order chi connectivity index (χ0) is 14.7. The van der Waals surface area contributed by atoms with Crippen molar-refractivity contribution in [1.82, 2.24) is 4.98 Å². The van der Waals surface area contributed by atoms with Gasteiger partial charge in [-0.1, -0.05) is 0 Å². The fourth-order valence-corrected chi connectivity index (χ4v) is 2.22. The number of aromatic nitrogens is 1. The SMILES string of the molecule is CN(C(=O)c1cc([N+](=O)[O-])ccc1I)c1ccncc1. The zero-order valence-corrected chi connectivity index (χ0v) is 12.6. The van der Waals surface area contributed by atoms with Gasteiger partial charge in [-0.05, 0) is 40.8 Å². The Labute approximate surface area is 128 Å². The average molecular weight is 383 g/mol. The fraction of sp³-hybridized carbons (Fsp3) is 0.0769. The van der Waals surface area contributed by atoms with Crippen LogP contribution in [0, 0.1) is 13.7 Å². The van der Waals surface area contributed by atoms with Crippen LogP contribution in [0.3, 0.4) is 0 Å². The first kappa shape index (κ1) is 14.4. The van der Waals surface area contributed by atoms with Gasteiger partial charge in [-0.25, -0.2) is 0 Å². The summed E-state index contributed by atoms with van der Waals surface area (Å²) < 4.78 is 0.666. The van der Waals surface area contributed by atoms with Crippen molar-refractivity contribution in [3.05, 3.63) is 62.0 Å². The Morgan fingerprint density at radius 3 is 2.55 bits per heavy atom. The Hall–Kier alpha value is -2.03. The van der Waals surface area contributed by atoms with Gasteiger partial charge in [0.05, 0.1) is 10.5 Å². The van der Waals surface area contributed by atoms with E-state index < -0.39 is 4.92 Å². The maximum atomic E-state index is 12.4. The van der Waals surface area contributed by atoms with Gasteiger partial charge in [0.15, 0.2) is 0 Å². The molecule has 0 aliphatic heterocycles. The Balaban J connectivity index is 2.38. The molecule has 0 unspecified atom stereocenters. The normalized spacial score (nSPS) is 10.1. The van der Waals surface area contributed by atoms with E-state index in [0.717, 1.165) is 0 Å². The molecule has 0 aliphatic rings. The third kappa shape index (κ3) is 2.93. The molecule has 0 saturated carbocycles. The monoisotopic (exact) mass is 383 g/mol. The largest absolute Gasteiger partial charge is 0.311 e. The number of amides is 1. The number of rotatable bonds is 3. The van der Waals surface area contributed by atoms with Crippen molar-refractivity contribution in [2.45, 2.75) is 0 Å². The van der Waals surface area contributed by atoms with Crippen LogP contribution >= 0.6 is 22.6 Å². The van der Waals surface area contributed by atoms with Gasteiger partial charge in [0.25, 0.3) is 11.6 Å². The van der Waals surface area contributed by atoms with Crippen molar-refractivity contribution in [2.75, 3.05) is 11.9 Å². The number of pyridine rings is 1. The van der Waals surface area contributed by atoms with Crippen LogP contribution in [0.25, 0.3) is 0 Å². The fourth-order valence-electron chi connectivity index (χ4n) is 1.66. The summed E-state index contributed by atoms with van der Waals surface area (Å²) in [6.07, 6.45) is 3.16. The molecule has 1 aromatic heterocycles. The molecule has 1 amide bonds. The van der Waals surface area contributed by atoms with Crippen LogP contribution < -0.4 is 4.90 Å². The molecule has 0 saturated heterocycles. The number of nitro benzene ring substituents is 1. The van der Waals surface area contributed by atoms with Gasteiger partial charge in [0.1, 0.15) is 0 Å². The molecule has 0 atom stereocenters. The van der Waals surface area contributed by atoms with Crippen LogP contribution in [0.5, 0.6) is 0 Å². The lowest BCUT2D eigenvalue weighted by atomic mass is 10.1. The summed E-state index contributed by atoms with van der Waals surface area (Å²) in [6, 6.07) is 7.63. The van der Waals surface area contributed by atoms with Crippen LogP contribution in [-0.2, 0) is 0 Å². The zero-order valence-electron chi connectivity index (χ0n) is 10.5. The van der Waals surface area contributed by atoms with Crippen molar-refractivity contribution in [3.63, 3.8) is 0 Å². The Morgan fingerprint density at radius 2 is 1.95 bits per heavy atom. The first-order valence-electron chi connectivity index (χ1n) is 5.62. The summed E-state index contributed by atoms with van der Waals surface area (Å²) in [5.41, 5.74) is 0.878. The highest BCUT2D eigenvalue weighted by Crippen LogP contribution is 2.22. The summed E-state index contributed by atoms with van der Waals surface area (Å²) in [5.74, 6) is -0.302. The maximum Gasteiger partial charge on any atom is 0.270 e. The molecule has 0 aliphatic carbocycles. The highest BCUT2D eigenvalue weighted by molar-refractivity contribution is 14.1. The first-order chi connectivity index (χ1) is 9.50. The van der Waals surface area contributed by atoms with Crippen molar-refractivity contribution >= 4 is 39.9 Å². The van der Waals surface area contributed by atoms with Crippen LogP contribution in [0.1, 0.15) is 10.4 Å². The average Bonchev–Trinajstić information content (AvgIpc) is 2.47. The van der Waals surface area contributed by atoms with E-state index in [2.05, 4.69) is 4.98 Å². The molecule has 1 aromatic carbocycles. The number of nitro groups is 1. The van der Waals surface area contributed by atoms with E-state index >= 15 is 0 Å². The molecule has 20 heavy (non-hydrogen) atoms. The Bertz CT molecular complexity index is 661. The van der Waals surface area contributed by atoms with Gasteiger partial charge in [-0.3, -0.25) is 19.9 Å². The summed E-state index contributed by atoms with van der Waals surface area (Å²) >= 11 is 1.99. The molecule has 0 radical (unpaired) electrons. The predicted molar refractivity (Wildman–Crippen MR) is 82.8 cm³/mol. The van der Waals surface area contributed by atoms with Crippen molar-refractivity contribution in [2.24, 2.45) is 0 Å². The van der Waals surface area contributed by atoms with Gasteiger partial charge in [-0.15, -0.1) is 0 Å². The number of non-ortho nitro benzene ring substituents is 1. The molecule has 7 heteroatoms. The van der Waals surface area contributed by atoms with E-state index in [1.807, 2.05) is 22.6 Å². The van der Waals surface area contributed by atoms with Crippen LogP contribution in [-0.4, -0.2) is 22.9 Å². The summed E-state index contributed by atoms with van der Waals surface area (Å²) in [4.78, 5) is 28.0. The smallest absolute Gasteiger partial charge is 0.270 e. The minimum atomic E-state index is -0.515. The van der Waals surface area contributed by atoms with Crippen molar-refractivity contribution in [1.29, 1.82) is 0 Å². The summed E-state index contributed by atoms with van der Waals surface area (Å²) in [6.45, 7) is 0. The molecule has 0 fully saturated rings. The quantitative estimate of drug-likeness (QED) is 0.464. The van der Waals surface area contributed by atoms with Crippen molar-refractivity contribution < 1.29 is 9.72 Å². The van der Waals surface area contributed by atoms with Crippen LogP contribution in [0.4, 0.5) is 11.4 Å². The molecule has 6 nitrogen and oxygen atoms in total. The van der Waals surface area contributed by atoms with E-state index in [-0.39, 0.29) is 11.6 Å². The van der Waals surface area contributed by atoms with E-state index in [4.69, 9.17) is 0 Å². The highest BCUT2D eigenvalue weighted by Gasteiger charge is 2.19. The van der Waals surface area contributed by atoms with Crippen LogP contribution in [0.15, 0.2) is 42.7 Å². The minimum Gasteiger partial charge on any atom is -0.311 e. The molecule has 0 spiro atoms. The van der Waals surface area contributed by atoms with E-state index in [1.165, 1.54) is 17.0 Å². The topological polar surface area (TPSA) is 76.3 Å². The third-order valence-electron chi connectivity index (χ3n) is 2.75. The van der Waals surface area contributed by atoms with E-state index in [1.54, 1.807) is 37.6 Å². The molecule has 2 aromatic rings. The summed E-state index contributed by atoms with van der Waals surface area (Å²) in [7, 11) is 1.62. The Morgan fingerprint density at radius 1 is 1.30 bits per heavy atom. The molecule has 2 rings (SSSR count). The maximum absolute atomic E-state index is 12.4. The van der Waals surface area contributed by atoms with Crippen LogP contribution in [0.2, 0.25) is 0 Å². The molecular weight excluding hydrogens is 373 g/mol. The first-order valence-corrected chi connectivity index (χ1v) is 6.70. The second-order valence-corrected chi connectivity index (χ2v) is 5.15. The number of hydrogen-bond donors (Lipinski definition) is 0. The third-order valence-corrected chi connectivity index (χ3v) is 3.69. The second kappa shape index (κ2) is 5.95. The lowest BCUT2D eigenvalue weighted by molar-refractivity contribution is -0.384. The second-order valence-electron chi connectivity index (χ2n) is 3.99. The van der Waals surface area contributed by atoms with Gasteiger partial charge < -0.3 is 4.90 Å².